The standard InChI is InChI=1S/C16H18BrNOS/c1-12(2)18(10-15-7-4-8-20-15)11-16(19)13-5-3-6-14(17)9-13/h3-9,12H,10-11H2,1-2H3. The summed E-state index contributed by atoms with van der Waals surface area (Å²) in [5.41, 5.74) is 0.760. The first kappa shape index (κ1) is 15.4. The monoisotopic (exact) mass is 351 g/mol. The van der Waals surface area contributed by atoms with E-state index in [1.807, 2.05) is 24.3 Å². The highest BCUT2D eigenvalue weighted by Gasteiger charge is 2.16. The molecule has 0 aliphatic heterocycles. The van der Waals surface area contributed by atoms with E-state index in [0.717, 1.165) is 16.6 Å². The van der Waals surface area contributed by atoms with Crippen molar-refractivity contribution in [2.75, 3.05) is 6.54 Å². The Labute approximate surface area is 132 Å². The fraction of sp³-hybridized carbons (Fsp3) is 0.312. The molecule has 0 atom stereocenters. The number of halogens is 1. The van der Waals surface area contributed by atoms with Gasteiger partial charge in [0.25, 0.3) is 0 Å². The number of thiophene rings is 1. The van der Waals surface area contributed by atoms with E-state index < -0.39 is 0 Å². The number of nitrogens with zero attached hydrogens (tertiary/aromatic N) is 1. The Balaban J connectivity index is 2.06. The normalized spacial score (nSPS) is 11.2. The second-order valence-corrected chi connectivity index (χ2v) is 6.96. The van der Waals surface area contributed by atoms with Crippen LogP contribution in [0.2, 0.25) is 0 Å². The Morgan fingerprint density at radius 3 is 2.70 bits per heavy atom. The van der Waals surface area contributed by atoms with E-state index in [1.165, 1.54) is 4.88 Å². The van der Waals surface area contributed by atoms with E-state index in [-0.39, 0.29) is 5.78 Å². The van der Waals surface area contributed by atoms with Crippen molar-refractivity contribution < 1.29 is 4.79 Å². The van der Waals surface area contributed by atoms with Crippen LogP contribution in [0, 0.1) is 0 Å². The molecule has 1 aromatic heterocycles. The van der Waals surface area contributed by atoms with Crippen LogP contribution in [0.1, 0.15) is 29.1 Å². The molecule has 4 heteroatoms. The number of Topliss-reactive ketones (excluding diaryl/α,β-unsaturated/α-hetero) is 1. The van der Waals surface area contributed by atoms with Crippen LogP contribution >= 0.6 is 27.3 Å². The molecule has 1 aromatic carbocycles. The Morgan fingerprint density at radius 1 is 1.30 bits per heavy atom. The van der Waals surface area contributed by atoms with Crippen LogP contribution in [0.25, 0.3) is 0 Å². The fourth-order valence-electron chi connectivity index (χ4n) is 1.96. The maximum atomic E-state index is 12.4. The number of carbonyl (C=O) groups is 1. The first-order chi connectivity index (χ1) is 9.56. The second-order valence-electron chi connectivity index (χ2n) is 5.01. The Bertz CT molecular complexity index is 566. The highest BCUT2D eigenvalue weighted by Crippen LogP contribution is 2.16. The van der Waals surface area contributed by atoms with Crippen molar-refractivity contribution in [1.29, 1.82) is 0 Å². The fourth-order valence-corrected chi connectivity index (χ4v) is 3.09. The minimum absolute atomic E-state index is 0.163. The average molecular weight is 352 g/mol. The molecule has 2 nitrogen and oxygen atoms in total. The van der Waals surface area contributed by atoms with Crippen LogP contribution in [0.3, 0.4) is 0 Å². The summed E-state index contributed by atoms with van der Waals surface area (Å²) in [5.74, 6) is 0.163. The molecule has 106 valence electrons. The van der Waals surface area contributed by atoms with Crippen molar-refractivity contribution in [1.82, 2.24) is 4.90 Å². The van der Waals surface area contributed by atoms with Crippen molar-refractivity contribution in [3.63, 3.8) is 0 Å². The molecule has 2 aromatic rings. The summed E-state index contributed by atoms with van der Waals surface area (Å²) in [6.45, 7) is 5.53. The van der Waals surface area contributed by atoms with Gasteiger partial charge in [-0.25, -0.2) is 0 Å². The van der Waals surface area contributed by atoms with Gasteiger partial charge in [0.1, 0.15) is 0 Å². The Kier molecular flexibility index (Phi) is 5.52. The van der Waals surface area contributed by atoms with E-state index >= 15 is 0 Å². The first-order valence-electron chi connectivity index (χ1n) is 6.61. The SMILES string of the molecule is CC(C)N(CC(=O)c1cccc(Br)c1)Cc1cccs1. The molecule has 0 bridgehead atoms. The maximum Gasteiger partial charge on any atom is 0.176 e. The molecule has 2 rings (SSSR count). The molecule has 0 fully saturated rings. The van der Waals surface area contributed by atoms with Crippen molar-refractivity contribution in [2.24, 2.45) is 0 Å². The summed E-state index contributed by atoms with van der Waals surface area (Å²) >= 11 is 5.14. The quantitative estimate of drug-likeness (QED) is 0.708. The van der Waals surface area contributed by atoms with Gasteiger partial charge in [0.15, 0.2) is 5.78 Å². The number of carbonyl (C=O) groups excluding carboxylic acids is 1. The van der Waals surface area contributed by atoms with Gasteiger partial charge in [-0.1, -0.05) is 34.1 Å². The van der Waals surface area contributed by atoms with Crippen molar-refractivity contribution in [2.45, 2.75) is 26.4 Å². The smallest absolute Gasteiger partial charge is 0.176 e. The molecule has 0 aliphatic rings. The van der Waals surface area contributed by atoms with Gasteiger partial charge in [-0.2, -0.15) is 0 Å². The molecular formula is C16H18BrNOS. The summed E-state index contributed by atoms with van der Waals surface area (Å²) in [4.78, 5) is 15.9. The highest BCUT2D eigenvalue weighted by atomic mass is 79.9. The van der Waals surface area contributed by atoms with Crippen molar-refractivity contribution in [3.05, 3.63) is 56.7 Å². The molecule has 0 saturated heterocycles. The lowest BCUT2D eigenvalue weighted by Gasteiger charge is -2.25. The molecule has 0 aliphatic carbocycles. The molecule has 0 amide bonds. The van der Waals surface area contributed by atoms with Gasteiger partial charge < -0.3 is 0 Å². The van der Waals surface area contributed by atoms with Crippen LogP contribution in [-0.2, 0) is 6.54 Å². The summed E-state index contributed by atoms with van der Waals surface area (Å²) in [6.07, 6.45) is 0. The lowest BCUT2D eigenvalue weighted by molar-refractivity contribution is 0.0899. The van der Waals surface area contributed by atoms with E-state index in [2.05, 4.69) is 52.2 Å². The number of hydrogen-bond donors (Lipinski definition) is 0. The van der Waals surface area contributed by atoms with Crippen LogP contribution in [0.15, 0.2) is 46.3 Å². The topological polar surface area (TPSA) is 20.3 Å². The molecule has 0 N–H and O–H groups in total. The summed E-state index contributed by atoms with van der Waals surface area (Å²) in [5, 5.41) is 2.07. The minimum atomic E-state index is 0.163. The average Bonchev–Trinajstić information content (AvgIpc) is 2.90. The Morgan fingerprint density at radius 2 is 2.10 bits per heavy atom. The third kappa shape index (κ3) is 4.27. The van der Waals surface area contributed by atoms with Crippen LogP contribution in [0.4, 0.5) is 0 Å². The molecule has 0 radical (unpaired) electrons. The third-order valence-electron chi connectivity index (χ3n) is 3.16. The van der Waals surface area contributed by atoms with Gasteiger partial charge in [-0.15, -0.1) is 11.3 Å². The van der Waals surface area contributed by atoms with Gasteiger partial charge in [0.2, 0.25) is 0 Å². The highest BCUT2D eigenvalue weighted by molar-refractivity contribution is 9.10. The van der Waals surface area contributed by atoms with Gasteiger partial charge in [0.05, 0.1) is 6.54 Å². The molecule has 0 saturated carbocycles. The Hall–Kier alpha value is -0.970. The lowest BCUT2D eigenvalue weighted by atomic mass is 10.1. The zero-order chi connectivity index (χ0) is 14.5. The summed E-state index contributed by atoms with van der Waals surface area (Å²) in [7, 11) is 0. The summed E-state index contributed by atoms with van der Waals surface area (Å²) < 4.78 is 0.942. The van der Waals surface area contributed by atoms with Gasteiger partial charge in [0, 0.05) is 27.5 Å². The van der Waals surface area contributed by atoms with E-state index in [1.54, 1.807) is 11.3 Å². The molecule has 0 unspecified atom stereocenters. The number of hydrogen-bond acceptors (Lipinski definition) is 3. The van der Waals surface area contributed by atoms with Crippen LogP contribution in [0.5, 0.6) is 0 Å². The van der Waals surface area contributed by atoms with Gasteiger partial charge >= 0.3 is 0 Å². The predicted octanol–water partition coefficient (Wildman–Crippen LogP) is 4.60. The predicted molar refractivity (Wildman–Crippen MR) is 88.3 cm³/mol. The van der Waals surface area contributed by atoms with E-state index in [4.69, 9.17) is 0 Å². The summed E-state index contributed by atoms with van der Waals surface area (Å²) in [6, 6.07) is 12.1. The first-order valence-corrected chi connectivity index (χ1v) is 8.28. The largest absolute Gasteiger partial charge is 0.293 e. The van der Waals surface area contributed by atoms with Crippen molar-refractivity contribution in [3.8, 4) is 0 Å². The zero-order valence-corrected chi connectivity index (χ0v) is 14.1. The number of benzene rings is 1. The number of ketones is 1. The van der Waals surface area contributed by atoms with E-state index in [0.29, 0.717) is 12.6 Å². The second kappa shape index (κ2) is 7.16. The minimum Gasteiger partial charge on any atom is -0.293 e. The zero-order valence-electron chi connectivity index (χ0n) is 11.7. The van der Waals surface area contributed by atoms with Gasteiger partial charge in [-0.05, 0) is 37.4 Å². The molecule has 1 heterocycles. The molecule has 20 heavy (non-hydrogen) atoms. The maximum absolute atomic E-state index is 12.4. The van der Waals surface area contributed by atoms with Gasteiger partial charge in [-0.3, -0.25) is 9.69 Å². The molecule has 0 spiro atoms. The molecular weight excluding hydrogens is 334 g/mol. The van der Waals surface area contributed by atoms with Crippen LogP contribution < -0.4 is 0 Å². The number of rotatable bonds is 6. The third-order valence-corrected chi connectivity index (χ3v) is 4.52. The van der Waals surface area contributed by atoms with Crippen molar-refractivity contribution >= 4 is 33.0 Å². The van der Waals surface area contributed by atoms with E-state index in [9.17, 15) is 4.79 Å². The lowest BCUT2D eigenvalue weighted by Crippen LogP contribution is -2.35. The van der Waals surface area contributed by atoms with Crippen LogP contribution in [-0.4, -0.2) is 23.3 Å².